The molecule has 2 aromatic carbocycles. The number of hydrazine groups is 1. The van der Waals surface area contributed by atoms with Crippen molar-refractivity contribution >= 4 is 11.0 Å². The Balaban J connectivity index is 2.13. The van der Waals surface area contributed by atoms with Crippen LogP contribution in [-0.4, -0.2) is 0 Å². The lowest BCUT2D eigenvalue weighted by molar-refractivity contribution is 0.453. The summed E-state index contributed by atoms with van der Waals surface area (Å²) in [5, 5.41) is 0.610. The molecule has 0 aliphatic rings. The number of nitrogens with one attached hydrogen (secondary N) is 1. The summed E-state index contributed by atoms with van der Waals surface area (Å²) in [7, 11) is 0. The van der Waals surface area contributed by atoms with Gasteiger partial charge in [-0.25, -0.2) is 14.2 Å². The van der Waals surface area contributed by atoms with Gasteiger partial charge >= 0.3 is 0 Å². The fourth-order valence-corrected chi connectivity index (χ4v) is 2.40. The SMILES string of the molecule is Cc1ccc(F)c(C(NN)c2cc3cccc(F)c3o2)c1. The van der Waals surface area contributed by atoms with E-state index in [1.54, 1.807) is 30.3 Å². The van der Waals surface area contributed by atoms with Crippen molar-refractivity contribution in [2.75, 3.05) is 0 Å². The van der Waals surface area contributed by atoms with E-state index >= 15 is 0 Å². The fraction of sp³-hybridized carbons (Fsp3) is 0.125. The van der Waals surface area contributed by atoms with Crippen LogP contribution in [0.5, 0.6) is 0 Å². The van der Waals surface area contributed by atoms with Gasteiger partial charge in [-0.1, -0.05) is 29.8 Å². The molecule has 1 atom stereocenters. The fourth-order valence-electron chi connectivity index (χ4n) is 2.40. The van der Waals surface area contributed by atoms with Gasteiger partial charge < -0.3 is 4.42 Å². The largest absolute Gasteiger partial charge is 0.456 e. The lowest BCUT2D eigenvalue weighted by Crippen LogP contribution is -2.29. The third kappa shape index (κ3) is 2.41. The first-order valence-corrected chi connectivity index (χ1v) is 6.50. The molecule has 0 radical (unpaired) electrons. The number of para-hydroxylation sites is 1. The topological polar surface area (TPSA) is 51.2 Å². The molecule has 108 valence electrons. The Morgan fingerprint density at radius 1 is 1.10 bits per heavy atom. The molecule has 0 amide bonds. The maximum absolute atomic E-state index is 14.0. The highest BCUT2D eigenvalue weighted by Crippen LogP contribution is 2.30. The monoisotopic (exact) mass is 288 g/mol. The van der Waals surface area contributed by atoms with E-state index in [1.807, 2.05) is 6.92 Å². The van der Waals surface area contributed by atoms with Crippen LogP contribution in [0.3, 0.4) is 0 Å². The van der Waals surface area contributed by atoms with Crippen molar-refractivity contribution < 1.29 is 13.2 Å². The molecule has 0 fully saturated rings. The molecule has 0 bridgehead atoms. The Kier molecular flexibility index (Phi) is 3.45. The van der Waals surface area contributed by atoms with Crippen LogP contribution < -0.4 is 11.3 Å². The summed E-state index contributed by atoms with van der Waals surface area (Å²) in [5.74, 6) is 5.05. The zero-order valence-electron chi connectivity index (χ0n) is 11.4. The Bertz CT molecular complexity index is 798. The Hall–Kier alpha value is -2.24. The minimum atomic E-state index is -0.684. The quantitative estimate of drug-likeness (QED) is 0.572. The minimum absolute atomic E-state index is 0.140. The van der Waals surface area contributed by atoms with Crippen LogP contribution in [0.1, 0.15) is 22.9 Å². The van der Waals surface area contributed by atoms with Crippen LogP contribution in [-0.2, 0) is 0 Å². The number of hydrogen-bond acceptors (Lipinski definition) is 3. The zero-order valence-corrected chi connectivity index (χ0v) is 11.4. The molecular formula is C16H14F2N2O. The molecule has 0 aliphatic carbocycles. The number of benzene rings is 2. The molecule has 3 nitrogen and oxygen atoms in total. The van der Waals surface area contributed by atoms with Crippen molar-refractivity contribution in [3.05, 3.63) is 71.0 Å². The second-order valence-corrected chi connectivity index (χ2v) is 4.93. The van der Waals surface area contributed by atoms with Crippen molar-refractivity contribution in [2.45, 2.75) is 13.0 Å². The van der Waals surface area contributed by atoms with E-state index in [1.165, 1.54) is 12.1 Å². The van der Waals surface area contributed by atoms with E-state index < -0.39 is 17.7 Å². The number of aryl methyl sites for hydroxylation is 1. The highest BCUT2D eigenvalue weighted by Gasteiger charge is 2.21. The van der Waals surface area contributed by atoms with Crippen LogP contribution in [0.2, 0.25) is 0 Å². The molecule has 1 heterocycles. The third-order valence-electron chi connectivity index (χ3n) is 3.43. The molecular weight excluding hydrogens is 274 g/mol. The smallest absolute Gasteiger partial charge is 0.169 e. The molecule has 3 N–H and O–H groups in total. The summed E-state index contributed by atoms with van der Waals surface area (Å²) >= 11 is 0. The van der Waals surface area contributed by atoms with E-state index in [4.69, 9.17) is 10.3 Å². The van der Waals surface area contributed by atoms with Crippen LogP contribution in [0, 0.1) is 18.6 Å². The molecule has 0 spiro atoms. The Labute approximate surface area is 120 Å². The normalized spacial score (nSPS) is 12.8. The average Bonchev–Trinajstić information content (AvgIpc) is 2.89. The number of fused-ring (bicyclic) bond motifs is 1. The van der Waals surface area contributed by atoms with Crippen LogP contribution in [0.15, 0.2) is 46.9 Å². The number of hydrogen-bond donors (Lipinski definition) is 2. The van der Waals surface area contributed by atoms with E-state index in [0.717, 1.165) is 5.56 Å². The van der Waals surface area contributed by atoms with Crippen LogP contribution >= 0.6 is 0 Å². The summed E-state index contributed by atoms with van der Waals surface area (Å²) in [6, 6.07) is 10.3. The lowest BCUT2D eigenvalue weighted by atomic mass is 10.0. The maximum Gasteiger partial charge on any atom is 0.169 e. The average molecular weight is 288 g/mol. The standard InChI is InChI=1S/C16H14F2N2O/c1-9-5-6-12(17)11(7-9)15(20-19)14-8-10-3-2-4-13(18)16(10)21-14/h2-8,15,20H,19H2,1H3. The predicted molar refractivity (Wildman–Crippen MR) is 76.5 cm³/mol. The number of nitrogens with two attached hydrogens (primary N) is 1. The first kappa shape index (κ1) is 13.7. The van der Waals surface area contributed by atoms with Gasteiger partial charge in [-0.05, 0) is 25.1 Å². The van der Waals surface area contributed by atoms with E-state index in [2.05, 4.69) is 5.43 Å². The van der Waals surface area contributed by atoms with Gasteiger partial charge in [0.05, 0.1) is 0 Å². The summed E-state index contributed by atoms with van der Waals surface area (Å²) in [5.41, 5.74) is 3.92. The maximum atomic E-state index is 14.0. The lowest BCUT2D eigenvalue weighted by Gasteiger charge is -2.15. The Morgan fingerprint density at radius 3 is 2.62 bits per heavy atom. The molecule has 5 heteroatoms. The van der Waals surface area contributed by atoms with Gasteiger partial charge in [0.25, 0.3) is 0 Å². The zero-order chi connectivity index (χ0) is 15.0. The number of halogens is 2. The first-order valence-electron chi connectivity index (χ1n) is 6.50. The molecule has 0 saturated carbocycles. The van der Waals surface area contributed by atoms with Crippen molar-refractivity contribution in [3.63, 3.8) is 0 Å². The van der Waals surface area contributed by atoms with E-state index in [-0.39, 0.29) is 5.58 Å². The summed E-state index contributed by atoms with van der Waals surface area (Å²) < 4.78 is 33.2. The van der Waals surface area contributed by atoms with Gasteiger partial charge in [0.2, 0.25) is 0 Å². The number of rotatable bonds is 3. The van der Waals surface area contributed by atoms with Crippen molar-refractivity contribution in [1.29, 1.82) is 0 Å². The van der Waals surface area contributed by atoms with Gasteiger partial charge in [-0.3, -0.25) is 5.84 Å². The highest BCUT2D eigenvalue weighted by atomic mass is 19.1. The molecule has 0 aliphatic heterocycles. The second kappa shape index (κ2) is 5.27. The summed E-state index contributed by atoms with van der Waals surface area (Å²) in [6.45, 7) is 1.86. The minimum Gasteiger partial charge on any atom is -0.456 e. The van der Waals surface area contributed by atoms with E-state index in [9.17, 15) is 8.78 Å². The van der Waals surface area contributed by atoms with Crippen molar-refractivity contribution in [2.24, 2.45) is 5.84 Å². The van der Waals surface area contributed by atoms with Gasteiger partial charge in [0, 0.05) is 10.9 Å². The van der Waals surface area contributed by atoms with Gasteiger partial charge in [0.15, 0.2) is 11.4 Å². The second-order valence-electron chi connectivity index (χ2n) is 4.93. The molecule has 1 unspecified atom stereocenters. The first-order chi connectivity index (χ1) is 10.1. The van der Waals surface area contributed by atoms with Gasteiger partial charge in [-0.15, -0.1) is 0 Å². The van der Waals surface area contributed by atoms with Crippen molar-refractivity contribution in [1.82, 2.24) is 5.43 Å². The van der Waals surface area contributed by atoms with E-state index in [0.29, 0.717) is 16.7 Å². The van der Waals surface area contributed by atoms with Crippen molar-refractivity contribution in [3.8, 4) is 0 Å². The predicted octanol–water partition coefficient (Wildman–Crippen LogP) is 3.57. The molecule has 3 aromatic rings. The number of furan rings is 1. The Morgan fingerprint density at radius 2 is 1.90 bits per heavy atom. The molecule has 1 aromatic heterocycles. The third-order valence-corrected chi connectivity index (χ3v) is 3.43. The molecule has 3 rings (SSSR count). The molecule has 0 saturated heterocycles. The van der Waals surface area contributed by atoms with Gasteiger partial charge in [-0.2, -0.15) is 0 Å². The van der Waals surface area contributed by atoms with Gasteiger partial charge in [0.1, 0.15) is 17.6 Å². The summed E-state index contributed by atoms with van der Waals surface area (Å²) in [4.78, 5) is 0. The van der Waals surface area contributed by atoms with Crippen LogP contribution in [0.4, 0.5) is 8.78 Å². The highest BCUT2D eigenvalue weighted by molar-refractivity contribution is 5.78. The molecule has 21 heavy (non-hydrogen) atoms. The van der Waals surface area contributed by atoms with Crippen LogP contribution in [0.25, 0.3) is 11.0 Å². The summed E-state index contributed by atoms with van der Waals surface area (Å²) in [6.07, 6.45) is 0.